The molecule has 1 unspecified atom stereocenters. The molecule has 3 rings (SSSR count). The zero-order valence-electron chi connectivity index (χ0n) is 13.9. The third-order valence-electron chi connectivity index (χ3n) is 4.58. The molecule has 1 aromatic rings. The molecule has 1 aromatic carbocycles. The first-order chi connectivity index (χ1) is 11.4. The van der Waals surface area contributed by atoms with Gasteiger partial charge >= 0.3 is 6.03 Å². The number of nitrogens with one attached hydrogen (secondary N) is 1. The van der Waals surface area contributed by atoms with E-state index in [1.807, 2.05) is 6.42 Å². The van der Waals surface area contributed by atoms with Crippen molar-refractivity contribution in [2.24, 2.45) is 5.73 Å². The first kappa shape index (κ1) is 16.3. The van der Waals surface area contributed by atoms with Crippen LogP contribution in [0.15, 0.2) is 24.3 Å². The zero-order chi connectivity index (χ0) is 17.4. The Balaban J connectivity index is 1.93. The number of primary amides is 1. The number of anilines is 1. The number of fused-ring (bicyclic) bond motifs is 1. The number of amides is 3. The first-order valence-corrected chi connectivity index (χ1v) is 8.00. The number of urea groups is 1. The van der Waals surface area contributed by atoms with Crippen molar-refractivity contribution in [3.05, 3.63) is 36.2 Å². The molecule has 2 fully saturated rings. The third kappa shape index (κ3) is 2.60. The normalized spacial score (nSPS) is 23.2. The Bertz CT molecular complexity index is 670. The van der Waals surface area contributed by atoms with Gasteiger partial charge in [0.25, 0.3) is 0 Å². The van der Waals surface area contributed by atoms with Crippen molar-refractivity contribution in [1.29, 1.82) is 5.41 Å². The number of piperidine rings is 1. The third-order valence-corrected chi connectivity index (χ3v) is 4.58. The van der Waals surface area contributed by atoms with Gasteiger partial charge in [-0.2, -0.15) is 0 Å². The van der Waals surface area contributed by atoms with Crippen LogP contribution in [0.2, 0.25) is 0 Å². The number of hydrogen-bond donors (Lipinski definition) is 2. The second-order valence-electron chi connectivity index (χ2n) is 6.35. The smallest absolute Gasteiger partial charge is 0.325 e. The van der Waals surface area contributed by atoms with Crippen molar-refractivity contribution in [2.45, 2.75) is 24.9 Å². The highest BCUT2D eigenvalue weighted by Crippen LogP contribution is 2.34. The molecular weight excluding hydrogens is 306 g/mol. The van der Waals surface area contributed by atoms with Crippen molar-refractivity contribution in [3.8, 4) is 0 Å². The summed E-state index contributed by atoms with van der Waals surface area (Å²) >= 11 is 0. The van der Waals surface area contributed by atoms with Crippen LogP contribution in [0.5, 0.6) is 0 Å². The van der Waals surface area contributed by atoms with Crippen LogP contribution >= 0.6 is 0 Å². The maximum absolute atomic E-state index is 12.8. The number of nitrogens with zero attached hydrogens (tertiary/aromatic N) is 3. The predicted molar refractivity (Wildman–Crippen MR) is 91.8 cm³/mol. The van der Waals surface area contributed by atoms with Crippen LogP contribution in [0, 0.1) is 11.8 Å². The highest BCUT2D eigenvalue weighted by Gasteiger charge is 2.49. The summed E-state index contributed by atoms with van der Waals surface area (Å²) in [4.78, 5) is 29.7. The number of carbonyl (C=O) groups is 2. The summed E-state index contributed by atoms with van der Waals surface area (Å²) in [7, 11) is 3.61. The standard InChI is InChI=1S/C17H22N5O2/c1-20(2)15(18)11-6-8-12(9-7-11)22-14(16(19)23)13-5-3-4-10-21(13)17(22)24/h5-9,13-14,18H,3-4,10H2,1-2H3,(H2,19,23)/t13-,14?/m1/s1. The molecule has 3 amide bonds. The lowest BCUT2D eigenvalue weighted by atomic mass is 9.97. The summed E-state index contributed by atoms with van der Waals surface area (Å²) in [6.07, 6.45) is 3.79. The number of carbonyl (C=O) groups excluding carboxylic acids is 2. The highest BCUT2D eigenvalue weighted by atomic mass is 16.2. The molecule has 0 aromatic heterocycles. The first-order valence-electron chi connectivity index (χ1n) is 8.00. The molecule has 7 nitrogen and oxygen atoms in total. The summed E-state index contributed by atoms with van der Waals surface area (Å²) < 4.78 is 0. The molecule has 0 bridgehead atoms. The van der Waals surface area contributed by atoms with Crippen molar-refractivity contribution < 1.29 is 9.59 Å². The zero-order valence-corrected chi connectivity index (χ0v) is 13.9. The van der Waals surface area contributed by atoms with Gasteiger partial charge in [0.05, 0.1) is 6.04 Å². The second kappa shape index (κ2) is 6.14. The van der Waals surface area contributed by atoms with Gasteiger partial charge in [-0.1, -0.05) is 0 Å². The van der Waals surface area contributed by atoms with Crippen LogP contribution < -0.4 is 10.6 Å². The monoisotopic (exact) mass is 328 g/mol. The van der Waals surface area contributed by atoms with Gasteiger partial charge in [-0.3, -0.25) is 15.1 Å². The van der Waals surface area contributed by atoms with E-state index in [-0.39, 0.29) is 12.1 Å². The Morgan fingerprint density at radius 1 is 1.29 bits per heavy atom. The summed E-state index contributed by atoms with van der Waals surface area (Å²) in [6.45, 7) is 0.642. The van der Waals surface area contributed by atoms with Crippen LogP contribution in [-0.2, 0) is 4.79 Å². The van der Waals surface area contributed by atoms with Crippen LogP contribution in [-0.4, -0.2) is 60.3 Å². The molecule has 2 saturated heterocycles. The molecule has 0 aliphatic carbocycles. The Labute approximate surface area is 141 Å². The largest absolute Gasteiger partial charge is 0.368 e. The Kier molecular flexibility index (Phi) is 4.17. The lowest BCUT2D eigenvalue weighted by molar-refractivity contribution is -0.119. The SMILES string of the molecule is CN(C)C(=N)c1ccc(N2C(=O)N3CCC[CH][C@@H]3C2C(N)=O)cc1. The molecule has 127 valence electrons. The van der Waals surface area contributed by atoms with Gasteiger partial charge in [0.15, 0.2) is 0 Å². The molecule has 2 atom stereocenters. The predicted octanol–water partition coefficient (Wildman–Crippen LogP) is 1.04. The minimum Gasteiger partial charge on any atom is -0.368 e. The number of amidine groups is 1. The van der Waals surface area contributed by atoms with E-state index in [0.29, 0.717) is 18.1 Å². The van der Waals surface area contributed by atoms with Gasteiger partial charge in [0.2, 0.25) is 5.91 Å². The fraction of sp³-hybridized carbons (Fsp3) is 0.412. The molecule has 7 heteroatoms. The van der Waals surface area contributed by atoms with Gasteiger partial charge in [0, 0.05) is 31.9 Å². The molecule has 2 aliphatic heterocycles. The van der Waals surface area contributed by atoms with Crippen molar-refractivity contribution >= 4 is 23.5 Å². The number of hydrogen-bond acceptors (Lipinski definition) is 3. The van der Waals surface area contributed by atoms with Crippen LogP contribution in [0.3, 0.4) is 0 Å². The summed E-state index contributed by atoms with van der Waals surface area (Å²) in [5.74, 6) is -0.120. The van der Waals surface area contributed by atoms with Crippen molar-refractivity contribution in [2.75, 3.05) is 25.5 Å². The quantitative estimate of drug-likeness (QED) is 0.641. The lowest BCUT2D eigenvalue weighted by Crippen LogP contribution is -2.48. The molecule has 3 N–H and O–H groups in total. The maximum atomic E-state index is 12.8. The van der Waals surface area contributed by atoms with Gasteiger partial charge in [-0.15, -0.1) is 0 Å². The second-order valence-corrected chi connectivity index (χ2v) is 6.35. The molecular formula is C17H22N5O2. The topological polar surface area (TPSA) is 93.7 Å². The highest BCUT2D eigenvalue weighted by molar-refractivity contribution is 6.04. The molecule has 0 spiro atoms. The summed E-state index contributed by atoms with van der Waals surface area (Å²) in [5.41, 5.74) is 6.96. The minimum atomic E-state index is -0.683. The fourth-order valence-corrected chi connectivity index (χ4v) is 3.36. The Morgan fingerprint density at radius 2 is 1.96 bits per heavy atom. The molecule has 2 aliphatic rings. The van der Waals surface area contributed by atoms with Crippen LogP contribution in [0.25, 0.3) is 0 Å². The maximum Gasteiger partial charge on any atom is 0.325 e. The molecule has 2 heterocycles. The van der Waals surface area contributed by atoms with Gasteiger partial charge in [0.1, 0.15) is 11.9 Å². The average molecular weight is 328 g/mol. The van der Waals surface area contributed by atoms with Crippen LogP contribution in [0.1, 0.15) is 18.4 Å². The van der Waals surface area contributed by atoms with E-state index in [2.05, 4.69) is 0 Å². The van der Waals surface area contributed by atoms with E-state index < -0.39 is 11.9 Å². The summed E-state index contributed by atoms with van der Waals surface area (Å²) in [5, 5.41) is 8.00. The lowest BCUT2D eigenvalue weighted by Gasteiger charge is -2.29. The average Bonchev–Trinajstić information content (AvgIpc) is 2.87. The number of benzene rings is 1. The minimum absolute atomic E-state index is 0.185. The van der Waals surface area contributed by atoms with Gasteiger partial charge in [-0.25, -0.2) is 4.79 Å². The van der Waals surface area contributed by atoms with E-state index in [1.165, 1.54) is 4.90 Å². The van der Waals surface area contributed by atoms with E-state index in [9.17, 15) is 9.59 Å². The Morgan fingerprint density at radius 3 is 2.54 bits per heavy atom. The molecule has 0 saturated carbocycles. The van der Waals surface area contributed by atoms with Gasteiger partial charge < -0.3 is 15.5 Å². The molecule has 1 radical (unpaired) electrons. The van der Waals surface area contributed by atoms with E-state index in [0.717, 1.165) is 18.4 Å². The van der Waals surface area contributed by atoms with Crippen molar-refractivity contribution in [1.82, 2.24) is 9.80 Å². The summed E-state index contributed by atoms with van der Waals surface area (Å²) in [6, 6.07) is 5.96. The number of rotatable bonds is 3. The van der Waals surface area contributed by atoms with Crippen molar-refractivity contribution in [3.63, 3.8) is 0 Å². The van der Waals surface area contributed by atoms with Gasteiger partial charge in [-0.05, 0) is 43.5 Å². The van der Waals surface area contributed by atoms with E-state index in [1.54, 1.807) is 48.2 Å². The van der Waals surface area contributed by atoms with Crippen LogP contribution in [0.4, 0.5) is 10.5 Å². The van der Waals surface area contributed by atoms with E-state index in [4.69, 9.17) is 11.1 Å². The fourth-order valence-electron chi connectivity index (χ4n) is 3.36. The number of nitrogens with two attached hydrogens (primary N) is 1. The van der Waals surface area contributed by atoms with E-state index >= 15 is 0 Å². The molecule has 24 heavy (non-hydrogen) atoms. The Hall–Kier alpha value is -2.57.